The van der Waals surface area contributed by atoms with Gasteiger partial charge in [0.1, 0.15) is 45.8 Å². The van der Waals surface area contributed by atoms with E-state index in [-0.39, 0.29) is 23.2 Å². The number of aromatic nitrogens is 6. The van der Waals surface area contributed by atoms with Crippen molar-refractivity contribution >= 4 is 11.8 Å². The van der Waals surface area contributed by atoms with E-state index in [2.05, 4.69) is 44.2 Å². The first-order valence-electron chi connectivity index (χ1n) is 18.2. The Morgan fingerprint density at radius 2 is 1.09 bits per heavy atom. The van der Waals surface area contributed by atoms with Gasteiger partial charge in [-0.25, -0.2) is 9.36 Å². The maximum atomic E-state index is 11.6. The number of rotatable bonds is 4. The van der Waals surface area contributed by atoms with Crippen LogP contribution in [-0.4, -0.2) is 65.1 Å². The molecule has 0 radical (unpaired) electrons. The standard InChI is InChI=1S/2C21H20N4O4/c2*1-12-11-28-18-5-4-14(6-7-21(3,27)19-8-13(2)29-24-19)9-17(18)25-16(12)10-15(23-25)20(22)26/h2*4-5,8-10,12,27H,11H2,1-3H3,(H2,22,26)/t12-,21+;12-,21-/m10/s1. The Hall–Kier alpha value is -7.14. The Balaban J connectivity index is 0.000000177. The van der Waals surface area contributed by atoms with Gasteiger partial charge in [-0.2, -0.15) is 10.2 Å². The van der Waals surface area contributed by atoms with Crippen molar-refractivity contribution in [3.8, 4) is 46.6 Å². The molecule has 2 aromatic carbocycles. The van der Waals surface area contributed by atoms with Crippen LogP contribution in [0.5, 0.6) is 11.5 Å². The molecule has 6 N–H and O–H groups in total. The second-order valence-corrected chi connectivity index (χ2v) is 14.5. The van der Waals surface area contributed by atoms with Gasteiger partial charge < -0.3 is 40.2 Å². The summed E-state index contributed by atoms with van der Waals surface area (Å²) < 4.78 is 25.1. The van der Waals surface area contributed by atoms with Gasteiger partial charge >= 0.3 is 0 Å². The van der Waals surface area contributed by atoms with Crippen molar-refractivity contribution in [3.05, 3.63) is 117 Å². The molecule has 6 heterocycles. The van der Waals surface area contributed by atoms with E-state index >= 15 is 0 Å². The lowest BCUT2D eigenvalue weighted by Crippen LogP contribution is -2.18. The number of aryl methyl sites for hydroxylation is 2. The highest BCUT2D eigenvalue weighted by Crippen LogP contribution is 2.34. The van der Waals surface area contributed by atoms with Crippen LogP contribution in [-0.2, 0) is 11.2 Å². The molecule has 58 heavy (non-hydrogen) atoms. The molecule has 0 bridgehead atoms. The number of primary amides is 2. The topological polar surface area (TPSA) is 233 Å². The number of aliphatic hydroxyl groups is 2. The first-order chi connectivity index (χ1) is 27.5. The van der Waals surface area contributed by atoms with Crippen molar-refractivity contribution in [3.63, 3.8) is 0 Å². The highest BCUT2D eigenvalue weighted by atomic mass is 16.5. The van der Waals surface area contributed by atoms with E-state index in [9.17, 15) is 19.8 Å². The SMILES string of the molecule is Cc1cc([C@@](C)(O)C#Cc2ccc3c(c2)-n2nc(C(N)=O)cc2[C@@H](C)CO3)no1.Cc1cc([C@@](C)(O)C#Cc2ccc3c(c2)-n2nc(C(N)=O)cc2[C@H](C)CO3)no1. The Morgan fingerprint density at radius 1 is 0.690 bits per heavy atom. The second-order valence-electron chi connectivity index (χ2n) is 14.5. The van der Waals surface area contributed by atoms with Crippen molar-refractivity contribution in [2.45, 2.75) is 64.6 Å². The molecular formula is C42H40N8O8. The molecule has 2 aliphatic rings. The Kier molecular flexibility index (Phi) is 10.2. The number of nitrogens with zero attached hydrogens (tertiary/aromatic N) is 6. The molecule has 0 saturated heterocycles. The fourth-order valence-electron chi connectivity index (χ4n) is 6.19. The minimum absolute atomic E-state index is 0.0219. The fourth-order valence-corrected chi connectivity index (χ4v) is 6.19. The van der Waals surface area contributed by atoms with Crippen LogP contribution in [0.2, 0.25) is 0 Å². The number of hydrogen-bond acceptors (Lipinski definition) is 12. The van der Waals surface area contributed by atoms with Crippen LogP contribution >= 0.6 is 0 Å². The first kappa shape index (κ1) is 39.1. The van der Waals surface area contributed by atoms with Gasteiger partial charge in [-0.1, -0.05) is 47.8 Å². The highest BCUT2D eigenvalue weighted by molar-refractivity contribution is 5.91. The molecule has 16 nitrogen and oxygen atoms in total. The van der Waals surface area contributed by atoms with Crippen LogP contribution in [0.4, 0.5) is 0 Å². The fraction of sp³-hybridized carbons (Fsp3) is 0.286. The summed E-state index contributed by atoms with van der Waals surface area (Å²) >= 11 is 0. The number of nitrogens with two attached hydrogens (primary N) is 2. The van der Waals surface area contributed by atoms with E-state index in [0.29, 0.717) is 70.1 Å². The van der Waals surface area contributed by atoms with Gasteiger partial charge in [-0.15, -0.1) is 0 Å². The van der Waals surface area contributed by atoms with Crippen LogP contribution < -0.4 is 20.9 Å². The van der Waals surface area contributed by atoms with Gasteiger partial charge in [0.2, 0.25) is 0 Å². The maximum absolute atomic E-state index is 11.6. The van der Waals surface area contributed by atoms with Gasteiger partial charge in [0.15, 0.2) is 22.6 Å². The summed E-state index contributed by atoms with van der Waals surface area (Å²) in [7, 11) is 0. The van der Waals surface area contributed by atoms with Crippen LogP contribution in [0.1, 0.15) is 106 Å². The molecule has 0 fully saturated rings. The van der Waals surface area contributed by atoms with E-state index in [4.69, 9.17) is 30.0 Å². The largest absolute Gasteiger partial charge is 0.491 e. The molecule has 0 unspecified atom stereocenters. The number of carbonyl (C=O) groups excluding carboxylic acids is 2. The number of benzene rings is 2. The lowest BCUT2D eigenvalue weighted by molar-refractivity contribution is 0.0987. The van der Waals surface area contributed by atoms with Crippen molar-refractivity contribution < 1.29 is 38.3 Å². The van der Waals surface area contributed by atoms with Gasteiger partial charge in [0, 0.05) is 35.1 Å². The molecule has 4 aromatic heterocycles. The quantitative estimate of drug-likeness (QED) is 0.186. The Bertz CT molecular complexity index is 2510. The Morgan fingerprint density at radius 3 is 1.43 bits per heavy atom. The molecule has 4 atom stereocenters. The molecular weight excluding hydrogens is 745 g/mol. The molecule has 2 aliphatic heterocycles. The van der Waals surface area contributed by atoms with Crippen molar-refractivity contribution in [2.75, 3.05) is 13.2 Å². The van der Waals surface area contributed by atoms with Crippen molar-refractivity contribution in [2.24, 2.45) is 11.5 Å². The molecule has 16 heteroatoms. The number of fused-ring (bicyclic) bond motifs is 6. The number of carbonyl (C=O) groups is 2. The van der Waals surface area contributed by atoms with Crippen LogP contribution in [0.25, 0.3) is 11.4 Å². The van der Waals surface area contributed by atoms with Crippen LogP contribution in [0, 0.1) is 37.5 Å². The molecule has 2 amide bonds. The van der Waals surface area contributed by atoms with Gasteiger partial charge in [0.05, 0.1) is 24.6 Å². The average Bonchev–Trinajstić information content (AvgIpc) is 4.00. The normalized spacial score (nSPS) is 17.0. The third kappa shape index (κ3) is 7.92. The van der Waals surface area contributed by atoms with Crippen LogP contribution in [0.3, 0.4) is 0 Å². The maximum Gasteiger partial charge on any atom is 0.269 e. The lowest BCUT2D eigenvalue weighted by Gasteiger charge is -2.12. The molecule has 0 spiro atoms. The zero-order valence-corrected chi connectivity index (χ0v) is 32.5. The summed E-state index contributed by atoms with van der Waals surface area (Å²) in [6.07, 6.45) is 0. The van der Waals surface area contributed by atoms with E-state index in [1.807, 2.05) is 13.8 Å². The smallest absolute Gasteiger partial charge is 0.269 e. The molecule has 296 valence electrons. The number of hydrogen-bond donors (Lipinski definition) is 4. The predicted octanol–water partition coefficient (Wildman–Crippen LogP) is 4.05. The summed E-state index contributed by atoms with van der Waals surface area (Å²) in [4.78, 5) is 23.2. The molecule has 0 saturated carbocycles. The average molecular weight is 785 g/mol. The summed E-state index contributed by atoms with van der Waals surface area (Å²) in [6, 6.07) is 17.4. The molecule has 0 aliphatic carbocycles. The van der Waals surface area contributed by atoms with E-state index in [0.717, 1.165) is 11.4 Å². The predicted molar refractivity (Wildman–Crippen MR) is 207 cm³/mol. The Labute approximate surface area is 332 Å². The van der Waals surface area contributed by atoms with Crippen molar-refractivity contribution in [1.82, 2.24) is 29.9 Å². The molecule has 6 aromatic rings. The van der Waals surface area contributed by atoms with Crippen molar-refractivity contribution in [1.29, 1.82) is 0 Å². The first-order valence-corrected chi connectivity index (χ1v) is 18.2. The molecule has 8 rings (SSSR count). The number of ether oxygens (including phenoxy) is 2. The van der Waals surface area contributed by atoms with E-state index in [1.165, 1.54) is 0 Å². The monoisotopic (exact) mass is 784 g/mol. The summed E-state index contributed by atoms with van der Waals surface area (Å²) in [6.45, 7) is 11.5. The zero-order chi connectivity index (χ0) is 41.5. The third-order valence-electron chi connectivity index (χ3n) is 9.49. The lowest BCUT2D eigenvalue weighted by atomic mass is 10.0. The zero-order valence-electron chi connectivity index (χ0n) is 32.5. The minimum Gasteiger partial charge on any atom is -0.491 e. The summed E-state index contributed by atoms with van der Waals surface area (Å²) in [5, 5.41) is 37.6. The summed E-state index contributed by atoms with van der Waals surface area (Å²) in [5.41, 5.74) is 13.2. The highest BCUT2D eigenvalue weighted by Gasteiger charge is 2.28. The summed E-state index contributed by atoms with van der Waals surface area (Å²) in [5.74, 6) is 12.9. The van der Waals surface area contributed by atoms with E-state index in [1.54, 1.807) is 97.7 Å². The minimum atomic E-state index is -1.47. The third-order valence-corrected chi connectivity index (χ3v) is 9.49. The van der Waals surface area contributed by atoms with Gasteiger partial charge in [-0.3, -0.25) is 9.59 Å². The van der Waals surface area contributed by atoms with Crippen LogP contribution in [0.15, 0.2) is 69.7 Å². The van der Waals surface area contributed by atoms with Gasteiger partial charge in [0.25, 0.3) is 11.8 Å². The second kappa shape index (κ2) is 15.1. The van der Waals surface area contributed by atoms with Gasteiger partial charge in [-0.05, 0) is 76.2 Å². The van der Waals surface area contributed by atoms with E-state index < -0.39 is 23.0 Å². The number of amides is 2.